The Morgan fingerprint density at radius 3 is 2.13 bits per heavy atom. The number of carbonyl (C=O) groups excluding carboxylic acids is 2. The molecule has 0 radical (unpaired) electrons. The van der Waals surface area contributed by atoms with Gasteiger partial charge in [-0.1, -0.05) is 0 Å². The third-order valence-electron chi connectivity index (χ3n) is 3.26. The average Bonchev–Trinajstić information content (AvgIpc) is 3.05. The Balaban J connectivity index is 1.85. The van der Waals surface area contributed by atoms with E-state index in [1.165, 1.54) is 0 Å². The van der Waals surface area contributed by atoms with Gasteiger partial charge in [0.25, 0.3) is 11.8 Å². The molecule has 0 atom stereocenters. The number of rotatable bonds is 7. The first-order valence-corrected chi connectivity index (χ1v) is 7.40. The standard InChI is InChI=1S/C17H21N3O3/c1-20(2)10-9-18-16(21)13-5-7-14(8-6-13)17(22)19-12-15-4-3-11-23-15/h3-8,11H,9-10,12H2,1-2H3,(H,18,21)(H,19,22). The summed E-state index contributed by atoms with van der Waals surface area (Å²) in [4.78, 5) is 25.9. The predicted octanol–water partition coefficient (Wildman–Crippen LogP) is 1.50. The number of nitrogens with zero attached hydrogens (tertiary/aromatic N) is 1. The molecular weight excluding hydrogens is 294 g/mol. The van der Waals surface area contributed by atoms with Gasteiger partial charge in [-0.05, 0) is 50.5 Å². The molecule has 0 fully saturated rings. The molecule has 1 aromatic carbocycles. The lowest BCUT2D eigenvalue weighted by Gasteiger charge is -2.10. The first-order valence-electron chi connectivity index (χ1n) is 7.40. The monoisotopic (exact) mass is 315 g/mol. The van der Waals surface area contributed by atoms with E-state index in [0.29, 0.717) is 30.0 Å². The van der Waals surface area contributed by atoms with Crippen molar-refractivity contribution in [3.8, 4) is 0 Å². The fourth-order valence-electron chi connectivity index (χ4n) is 1.95. The van der Waals surface area contributed by atoms with Crippen molar-refractivity contribution >= 4 is 11.8 Å². The molecule has 0 aliphatic rings. The van der Waals surface area contributed by atoms with Crippen LogP contribution in [0.15, 0.2) is 47.1 Å². The summed E-state index contributed by atoms with van der Waals surface area (Å²) >= 11 is 0. The van der Waals surface area contributed by atoms with Crippen LogP contribution in [0.4, 0.5) is 0 Å². The molecule has 2 aromatic rings. The molecule has 2 amide bonds. The highest BCUT2D eigenvalue weighted by Crippen LogP contribution is 2.06. The first-order chi connectivity index (χ1) is 11.1. The van der Waals surface area contributed by atoms with Crippen molar-refractivity contribution < 1.29 is 14.0 Å². The Labute approximate surface area is 135 Å². The van der Waals surface area contributed by atoms with E-state index in [0.717, 1.165) is 6.54 Å². The van der Waals surface area contributed by atoms with Crippen LogP contribution in [-0.4, -0.2) is 43.9 Å². The summed E-state index contributed by atoms with van der Waals surface area (Å²) in [6.07, 6.45) is 1.56. The maximum absolute atomic E-state index is 12.0. The van der Waals surface area contributed by atoms with Crippen molar-refractivity contribution in [2.75, 3.05) is 27.2 Å². The third kappa shape index (κ3) is 5.27. The van der Waals surface area contributed by atoms with Gasteiger partial charge in [0.15, 0.2) is 0 Å². The SMILES string of the molecule is CN(C)CCNC(=O)c1ccc(C(=O)NCc2ccco2)cc1. The number of furan rings is 1. The molecule has 2 rings (SSSR count). The molecule has 1 aromatic heterocycles. The summed E-state index contributed by atoms with van der Waals surface area (Å²) < 4.78 is 5.15. The van der Waals surface area contributed by atoms with Crippen LogP contribution in [-0.2, 0) is 6.54 Å². The van der Waals surface area contributed by atoms with Crippen LogP contribution >= 0.6 is 0 Å². The Morgan fingerprint density at radius 2 is 1.61 bits per heavy atom. The lowest BCUT2D eigenvalue weighted by Crippen LogP contribution is -2.31. The van der Waals surface area contributed by atoms with Crippen molar-refractivity contribution in [1.82, 2.24) is 15.5 Å². The summed E-state index contributed by atoms with van der Waals surface area (Å²) in [6.45, 7) is 1.69. The van der Waals surface area contributed by atoms with Crippen molar-refractivity contribution in [3.63, 3.8) is 0 Å². The molecule has 2 N–H and O–H groups in total. The number of hydrogen-bond acceptors (Lipinski definition) is 4. The maximum Gasteiger partial charge on any atom is 0.251 e. The van der Waals surface area contributed by atoms with Crippen molar-refractivity contribution in [2.45, 2.75) is 6.54 Å². The molecule has 0 spiro atoms. The Hall–Kier alpha value is -2.60. The van der Waals surface area contributed by atoms with Crippen molar-refractivity contribution in [3.05, 3.63) is 59.5 Å². The van der Waals surface area contributed by atoms with Crippen LogP contribution in [0.1, 0.15) is 26.5 Å². The second kappa shape index (κ2) is 8.14. The second-order valence-electron chi connectivity index (χ2n) is 5.40. The van der Waals surface area contributed by atoms with Crippen LogP contribution < -0.4 is 10.6 Å². The average molecular weight is 315 g/mol. The lowest BCUT2D eigenvalue weighted by molar-refractivity contribution is 0.0937. The highest BCUT2D eigenvalue weighted by molar-refractivity contribution is 5.97. The van der Waals surface area contributed by atoms with Gasteiger partial charge in [0.2, 0.25) is 0 Å². The Kier molecular flexibility index (Phi) is 5.94. The smallest absolute Gasteiger partial charge is 0.251 e. The van der Waals surface area contributed by atoms with Gasteiger partial charge in [-0.25, -0.2) is 0 Å². The molecule has 0 aliphatic heterocycles. The third-order valence-corrected chi connectivity index (χ3v) is 3.26. The molecule has 0 saturated heterocycles. The molecular formula is C17H21N3O3. The summed E-state index contributed by atoms with van der Waals surface area (Å²) in [7, 11) is 3.89. The van der Waals surface area contributed by atoms with Crippen LogP contribution in [0.25, 0.3) is 0 Å². The Morgan fingerprint density at radius 1 is 1.00 bits per heavy atom. The molecule has 0 unspecified atom stereocenters. The first kappa shape index (κ1) is 16.8. The minimum Gasteiger partial charge on any atom is -0.467 e. The van der Waals surface area contributed by atoms with Gasteiger partial charge in [0.1, 0.15) is 5.76 Å². The zero-order valence-electron chi connectivity index (χ0n) is 13.3. The fourth-order valence-corrected chi connectivity index (χ4v) is 1.95. The summed E-state index contributed by atoms with van der Waals surface area (Å²) in [5.41, 5.74) is 1.03. The van der Waals surface area contributed by atoms with Crippen LogP contribution in [0.5, 0.6) is 0 Å². The van der Waals surface area contributed by atoms with E-state index < -0.39 is 0 Å². The van der Waals surface area contributed by atoms with Crippen LogP contribution in [0, 0.1) is 0 Å². The number of carbonyl (C=O) groups is 2. The second-order valence-corrected chi connectivity index (χ2v) is 5.40. The molecule has 122 valence electrons. The van der Waals surface area contributed by atoms with Crippen LogP contribution in [0.2, 0.25) is 0 Å². The van der Waals surface area contributed by atoms with E-state index in [-0.39, 0.29) is 11.8 Å². The van der Waals surface area contributed by atoms with E-state index in [4.69, 9.17) is 4.42 Å². The van der Waals surface area contributed by atoms with Gasteiger partial charge >= 0.3 is 0 Å². The number of likely N-dealkylation sites (N-methyl/N-ethyl adjacent to an activating group) is 1. The van der Waals surface area contributed by atoms with Gasteiger partial charge < -0.3 is 20.0 Å². The molecule has 0 saturated carbocycles. The number of nitrogens with one attached hydrogen (secondary N) is 2. The van der Waals surface area contributed by atoms with E-state index in [2.05, 4.69) is 10.6 Å². The van der Waals surface area contributed by atoms with Gasteiger partial charge in [0.05, 0.1) is 12.8 Å². The van der Waals surface area contributed by atoms with E-state index in [1.54, 1.807) is 42.7 Å². The zero-order chi connectivity index (χ0) is 16.7. The maximum atomic E-state index is 12.0. The summed E-state index contributed by atoms with van der Waals surface area (Å²) in [5, 5.41) is 5.59. The van der Waals surface area contributed by atoms with Gasteiger partial charge in [-0.2, -0.15) is 0 Å². The molecule has 23 heavy (non-hydrogen) atoms. The fraction of sp³-hybridized carbons (Fsp3) is 0.294. The molecule has 0 aliphatic carbocycles. The number of hydrogen-bond donors (Lipinski definition) is 2. The molecule has 0 bridgehead atoms. The highest BCUT2D eigenvalue weighted by Gasteiger charge is 2.09. The lowest BCUT2D eigenvalue weighted by atomic mass is 10.1. The predicted molar refractivity (Wildman–Crippen MR) is 87.2 cm³/mol. The minimum atomic E-state index is -0.207. The minimum absolute atomic E-state index is 0.144. The van der Waals surface area contributed by atoms with E-state index in [1.807, 2.05) is 19.0 Å². The Bertz CT molecular complexity index is 634. The summed E-state index contributed by atoms with van der Waals surface area (Å²) in [6, 6.07) is 10.1. The quantitative estimate of drug-likeness (QED) is 0.812. The van der Waals surface area contributed by atoms with E-state index >= 15 is 0 Å². The van der Waals surface area contributed by atoms with Gasteiger partial charge in [-0.15, -0.1) is 0 Å². The topological polar surface area (TPSA) is 74.6 Å². The number of benzene rings is 1. The summed E-state index contributed by atoms with van der Waals surface area (Å²) in [5.74, 6) is 0.339. The van der Waals surface area contributed by atoms with Crippen LogP contribution in [0.3, 0.4) is 0 Å². The normalized spacial score (nSPS) is 10.6. The van der Waals surface area contributed by atoms with Crippen molar-refractivity contribution in [2.24, 2.45) is 0 Å². The van der Waals surface area contributed by atoms with Crippen molar-refractivity contribution in [1.29, 1.82) is 0 Å². The van der Waals surface area contributed by atoms with Gasteiger partial charge in [0, 0.05) is 24.2 Å². The number of amides is 2. The highest BCUT2D eigenvalue weighted by atomic mass is 16.3. The van der Waals surface area contributed by atoms with Gasteiger partial charge in [-0.3, -0.25) is 9.59 Å². The molecule has 1 heterocycles. The van der Waals surface area contributed by atoms with E-state index in [9.17, 15) is 9.59 Å². The largest absolute Gasteiger partial charge is 0.467 e. The molecule has 6 nitrogen and oxygen atoms in total. The zero-order valence-corrected chi connectivity index (χ0v) is 13.3. The molecule has 6 heteroatoms.